The summed E-state index contributed by atoms with van der Waals surface area (Å²) < 4.78 is 1.24. The minimum atomic E-state index is 0.472. The van der Waals surface area contributed by atoms with Crippen LogP contribution in [-0.2, 0) is 6.42 Å². The van der Waals surface area contributed by atoms with E-state index in [-0.39, 0.29) is 0 Å². The third kappa shape index (κ3) is 3.92. The van der Waals surface area contributed by atoms with Gasteiger partial charge in [0.15, 0.2) is 0 Å². The number of hydrogen-bond acceptors (Lipinski definition) is 3. The Labute approximate surface area is 125 Å². The van der Waals surface area contributed by atoms with Crippen molar-refractivity contribution in [2.75, 3.05) is 6.54 Å². The summed E-state index contributed by atoms with van der Waals surface area (Å²) in [5.41, 5.74) is 1.45. The normalized spacial score (nSPS) is 12.8. The first-order valence-electron chi connectivity index (χ1n) is 6.28. The van der Waals surface area contributed by atoms with E-state index in [0.717, 1.165) is 19.4 Å². The average molecular weight is 344 g/mol. The molecule has 1 N–H and O–H groups in total. The number of thiophene rings is 2. The molecule has 2 aromatic rings. The molecule has 0 spiro atoms. The first kappa shape index (κ1) is 14.3. The summed E-state index contributed by atoms with van der Waals surface area (Å²) in [7, 11) is 0. The van der Waals surface area contributed by atoms with Crippen LogP contribution in [0.2, 0.25) is 0 Å². The van der Waals surface area contributed by atoms with Crippen LogP contribution in [0.3, 0.4) is 0 Å². The van der Waals surface area contributed by atoms with Gasteiger partial charge in [-0.1, -0.05) is 6.92 Å². The zero-order valence-electron chi connectivity index (χ0n) is 10.5. The molecular formula is C14H18BrNS2. The molecule has 2 rings (SSSR count). The second-order valence-corrected chi connectivity index (χ2v) is 6.89. The van der Waals surface area contributed by atoms with Gasteiger partial charge >= 0.3 is 0 Å². The minimum Gasteiger partial charge on any atom is -0.309 e. The van der Waals surface area contributed by atoms with Crippen LogP contribution in [0.1, 0.15) is 36.2 Å². The maximum Gasteiger partial charge on any atom is 0.0429 e. The van der Waals surface area contributed by atoms with Crippen molar-refractivity contribution in [3.05, 3.63) is 43.2 Å². The number of rotatable bonds is 7. The van der Waals surface area contributed by atoms with Crippen molar-refractivity contribution in [3.63, 3.8) is 0 Å². The van der Waals surface area contributed by atoms with Crippen LogP contribution in [0.25, 0.3) is 0 Å². The smallest absolute Gasteiger partial charge is 0.0429 e. The summed E-state index contributed by atoms with van der Waals surface area (Å²) >= 11 is 7.27. The van der Waals surface area contributed by atoms with Gasteiger partial charge < -0.3 is 5.32 Å². The maximum atomic E-state index is 3.66. The largest absolute Gasteiger partial charge is 0.309 e. The van der Waals surface area contributed by atoms with E-state index in [1.807, 2.05) is 11.3 Å². The van der Waals surface area contributed by atoms with E-state index in [4.69, 9.17) is 0 Å². The van der Waals surface area contributed by atoms with Gasteiger partial charge in [-0.15, -0.1) is 11.3 Å². The lowest BCUT2D eigenvalue weighted by molar-refractivity contribution is 0.505. The molecule has 18 heavy (non-hydrogen) atoms. The van der Waals surface area contributed by atoms with Crippen molar-refractivity contribution in [1.82, 2.24) is 5.32 Å². The van der Waals surface area contributed by atoms with Crippen LogP contribution in [0.5, 0.6) is 0 Å². The fraction of sp³-hybridized carbons (Fsp3) is 0.429. The van der Waals surface area contributed by atoms with Crippen LogP contribution in [0.15, 0.2) is 32.7 Å². The van der Waals surface area contributed by atoms with E-state index in [2.05, 4.69) is 56.4 Å². The third-order valence-corrected chi connectivity index (χ3v) is 5.62. The van der Waals surface area contributed by atoms with Crippen LogP contribution < -0.4 is 5.32 Å². The van der Waals surface area contributed by atoms with Crippen molar-refractivity contribution < 1.29 is 0 Å². The molecule has 4 heteroatoms. The Morgan fingerprint density at radius 3 is 2.83 bits per heavy atom. The van der Waals surface area contributed by atoms with Crippen molar-refractivity contribution in [2.24, 2.45) is 0 Å². The van der Waals surface area contributed by atoms with Crippen molar-refractivity contribution in [1.29, 1.82) is 0 Å². The molecule has 0 bridgehead atoms. The third-order valence-electron chi connectivity index (χ3n) is 2.90. The van der Waals surface area contributed by atoms with Gasteiger partial charge in [-0.3, -0.25) is 0 Å². The van der Waals surface area contributed by atoms with Gasteiger partial charge in [0.2, 0.25) is 0 Å². The molecule has 1 atom stereocenters. The Balaban J connectivity index is 1.99. The maximum absolute atomic E-state index is 3.66. The van der Waals surface area contributed by atoms with Crippen molar-refractivity contribution >= 4 is 38.6 Å². The fourth-order valence-corrected chi connectivity index (χ4v) is 4.41. The quantitative estimate of drug-likeness (QED) is 0.724. The highest BCUT2D eigenvalue weighted by atomic mass is 79.9. The first-order chi connectivity index (χ1) is 8.81. The fourth-order valence-electron chi connectivity index (χ4n) is 1.94. The molecular weight excluding hydrogens is 326 g/mol. The molecule has 2 aromatic heterocycles. The summed E-state index contributed by atoms with van der Waals surface area (Å²) in [6.07, 6.45) is 3.49. The zero-order valence-corrected chi connectivity index (χ0v) is 13.7. The van der Waals surface area contributed by atoms with Crippen LogP contribution in [0, 0.1) is 0 Å². The molecule has 0 saturated carbocycles. The molecule has 98 valence electrons. The Morgan fingerprint density at radius 2 is 2.22 bits per heavy atom. The lowest BCUT2D eigenvalue weighted by Gasteiger charge is -2.17. The Kier molecular flexibility index (Phi) is 5.89. The molecule has 0 fully saturated rings. The summed E-state index contributed by atoms with van der Waals surface area (Å²) in [4.78, 5) is 1.43. The molecule has 2 heterocycles. The molecule has 1 unspecified atom stereocenters. The molecule has 0 amide bonds. The Morgan fingerprint density at radius 1 is 1.33 bits per heavy atom. The van der Waals surface area contributed by atoms with Gasteiger partial charge in [0.25, 0.3) is 0 Å². The lowest BCUT2D eigenvalue weighted by atomic mass is 10.1. The lowest BCUT2D eigenvalue weighted by Crippen LogP contribution is -2.22. The number of hydrogen-bond donors (Lipinski definition) is 1. The highest BCUT2D eigenvalue weighted by Crippen LogP contribution is 2.31. The van der Waals surface area contributed by atoms with Gasteiger partial charge in [0, 0.05) is 15.4 Å². The highest BCUT2D eigenvalue weighted by molar-refractivity contribution is 9.10. The summed E-state index contributed by atoms with van der Waals surface area (Å²) in [6, 6.07) is 4.84. The second kappa shape index (κ2) is 7.43. The Hall–Kier alpha value is -0.160. The van der Waals surface area contributed by atoms with Gasteiger partial charge in [-0.2, -0.15) is 11.3 Å². The standard InChI is InChI=1S/C14H18BrNS2/c1-2-7-16-13(14-12(15)6-9-18-14)4-3-11-5-8-17-10-11/h5-6,8-10,13,16H,2-4,7H2,1H3. The number of aryl methyl sites for hydroxylation is 1. The number of nitrogens with one attached hydrogen (secondary N) is 1. The summed E-state index contributed by atoms with van der Waals surface area (Å²) in [5.74, 6) is 0. The van der Waals surface area contributed by atoms with E-state index in [9.17, 15) is 0 Å². The SMILES string of the molecule is CCCNC(CCc1ccsc1)c1sccc1Br. The van der Waals surface area contributed by atoms with E-state index < -0.39 is 0 Å². The molecule has 0 radical (unpaired) electrons. The summed E-state index contributed by atoms with van der Waals surface area (Å²) in [6.45, 7) is 3.30. The average Bonchev–Trinajstić information content (AvgIpc) is 3.01. The van der Waals surface area contributed by atoms with E-state index in [1.165, 1.54) is 21.3 Å². The van der Waals surface area contributed by atoms with Gasteiger partial charge in [-0.25, -0.2) is 0 Å². The van der Waals surface area contributed by atoms with Gasteiger partial charge in [0.1, 0.15) is 0 Å². The van der Waals surface area contributed by atoms with Gasteiger partial charge in [-0.05, 0) is 75.6 Å². The molecule has 0 aliphatic carbocycles. The molecule has 0 aliphatic heterocycles. The van der Waals surface area contributed by atoms with Crippen LogP contribution in [0.4, 0.5) is 0 Å². The molecule has 0 aromatic carbocycles. The van der Waals surface area contributed by atoms with Gasteiger partial charge in [0.05, 0.1) is 0 Å². The number of halogens is 1. The highest BCUT2D eigenvalue weighted by Gasteiger charge is 2.15. The topological polar surface area (TPSA) is 12.0 Å². The van der Waals surface area contributed by atoms with E-state index in [0.29, 0.717) is 6.04 Å². The molecule has 1 nitrogen and oxygen atoms in total. The van der Waals surface area contributed by atoms with Crippen molar-refractivity contribution in [2.45, 2.75) is 32.2 Å². The molecule has 0 saturated heterocycles. The molecule has 0 aliphatic rings. The monoisotopic (exact) mass is 343 g/mol. The first-order valence-corrected chi connectivity index (χ1v) is 8.90. The summed E-state index contributed by atoms with van der Waals surface area (Å²) in [5, 5.41) is 10.2. The Bertz CT molecular complexity index is 450. The minimum absolute atomic E-state index is 0.472. The van der Waals surface area contributed by atoms with Crippen LogP contribution >= 0.6 is 38.6 Å². The predicted octanol–water partition coefficient (Wildman–Crippen LogP) is 5.25. The zero-order chi connectivity index (χ0) is 12.8. The van der Waals surface area contributed by atoms with Crippen LogP contribution in [-0.4, -0.2) is 6.54 Å². The predicted molar refractivity (Wildman–Crippen MR) is 85.7 cm³/mol. The van der Waals surface area contributed by atoms with E-state index >= 15 is 0 Å². The van der Waals surface area contributed by atoms with Crippen molar-refractivity contribution in [3.8, 4) is 0 Å². The second-order valence-electron chi connectivity index (χ2n) is 4.31. The van der Waals surface area contributed by atoms with E-state index in [1.54, 1.807) is 11.3 Å².